The molecule has 24 heavy (non-hydrogen) atoms. The van der Waals surface area contributed by atoms with Crippen LogP contribution in [0.2, 0.25) is 0 Å². The lowest BCUT2D eigenvalue weighted by molar-refractivity contribution is 0.435. The molecule has 0 aliphatic carbocycles. The minimum absolute atomic E-state index is 0.789. The molecule has 2 nitrogen and oxygen atoms in total. The highest BCUT2D eigenvalue weighted by atomic mass is 16.5. The second-order valence-electron chi connectivity index (χ2n) is 5.89. The first kappa shape index (κ1) is 14.5. The summed E-state index contributed by atoms with van der Waals surface area (Å²) in [6.45, 7) is 2.07. The molecule has 0 saturated carbocycles. The van der Waals surface area contributed by atoms with E-state index in [2.05, 4.69) is 84.9 Å². The van der Waals surface area contributed by atoms with Crippen LogP contribution in [0.3, 0.4) is 0 Å². The maximum atomic E-state index is 5.51. The van der Waals surface area contributed by atoms with E-state index in [1.54, 1.807) is 0 Å². The molecule has 0 radical (unpaired) electrons. The van der Waals surface area contributed by atoms with E-state index in [1.807, 2.05) is 12.1 Å². The Hall–Kier alpha value is -3.13. The lowest BCUT2D eigenvalue weighted by Gasteiger charge is -2.02. The summed E-state index contributed by atoms with van der Waals surface area (Å²) >= 11 is 0. The van der Waals surface area contributed by atoms with Gasteiger partial charge in [-0.05, 0) is 18.1 Å². The third-order valence-electron chi connectivity index (χ3n) is 4.13. The largest absolute Gasteiger partial charge is 0.356 e. The fourth-order valence-corrected chi connectivity index (χ4v) is 2.73. The van der Waals surface area contributed by atoms with Crippen molar-refractivity contribution in [3.05, 3.63) is 90.5 Å². The molecule has 0 unspecified atom stereocenters. The third-order valence-corrected chi connectivity index (χ3v) is 4.13. The molecule has 2 heteroatoms. The van der Waals surface area contributed by atoms with Crippen LogP contribution < -0.4 is 0 Å². The first-order valence-electron chi connectivity index (χ1n) is 7.99. The highest BCUT2D eigenvalue weighted by molar-refractivity contribution is 5.71. The topological polar surface area (TPSA) is 26.0 Å². The Morgan fingerprint density at radius 2 is 1.21 bits per heavy atom. The van der Waals surface area contributed by atoms with E-state index in [1.165, 1.54) is 16.7 Å². The second kappa shape index (κ2) is 6.17. The molecule has 0 aliphatic heterocycles. The Morgan fingerprint density at radius 1 is 0.625 bits per heavy atom. The van der Waals surface area contributed by atoms with Crippen LogP contribution in [0.25, 0.3) is 33.7 Å². The molecule has 0 spiro atoms. The molecule has 0 N–H and O–H groups in total. The quantitative estimate of drug-likeness (QED) is 0.465. The van der Waals surface area contributed by atoms with Gasteiger partial charge in [-0.25, -0.2) is 0 Å². The van der Waals surface area contributed by atoms with E-state index >= 15 is 0 Å². The van der Waals surface area contributed by atoms with Gasteiger partial charge in [-0.2, -0.15) is 0 Å². The van der Waals surface area contributed by atoms with E-state index in [0.29, 0.717) is 0 Å². The second-order valence-corrected chi connectivity index (χ2v) is 5.89. The molecule has 1 aromatic heterocycles. The molecule has 0 aliphatic rings. The van der Waals surface area contributed by atoms with Crippen molar-refractivity contribution < 1.29 is 4.52 Å². The molecule has 4 aromatic rings. The van der Waals surface area contributed by atoms with Crippen molar-refractivity contribution in [2.24, 2.45) is 0 Å². The molecule has 0 saturated heterocycles. The van der Waals surface area contributed by atoms with Crippen LogP contribution in [-0.2, 0) is 0 Å². The van der Waals surface area contributed by atoms with E-state index in [9.17, 15) is 0 Å². The zero-order valence-electron chi connectivity index (χ0n) is 13.4. The van der Waals surface area contributed by atoms with Gasteiger partial charge in [0.15, 0.2) is 5.76 Å². The molecule has 0 atom stereocenters. The maximum absolute atomic E-state index is 5.51. The molecule has 4 rings (SSSR count). The number of nitrogens with zero attached hydrogens (tertiary/aromatic N) is 1. The maximum Gasteiger partial charge on any atom is 0.167 e. The van der Waals surface area contributed by atoms with Crippen LogP contribution in [0, 0.1) is 6.92 Å². The van der Waals surface area contributed by atoms with E-state index in [0.717, 1.165) is 22.6 Å². The van der Waals surface area contributed by atoms with Gasteiger partial charge in [0.1, 0.15) is 5.69 Å². The normalized spacial score (nSPS) is 10.7. The Morgan fingerprint density at radius 3 is 1.92 bits per heavy atom. The summed E-state index contributed by atoms with van der Waals surface area (Å²) in [5.41, 5.74) is 6.59. The van der Waals surface area contributed by atoms with E-state index in [4.69, 9.17) is 4.52 Å². The summed E-state index contributed by atoms with van der Waals surface area (Å²) < 4.78 is 5.51. The predicted molar refractivity (Wildman–Crippen MR) is 97.5 cm³/mol. The van der Waals surface area contributed by atoms with Crippen LogP contribution in [-0.4, -0.2) is 5.16 Å². The highest BCUT2D eigenvalue weighted by Gasteiger charge is 2.08. The van der Waals surface area contributed by atoms with Crippen LogP contribution in [0.4, 0.5) is 0 Å². The van der Waals surface area contributed by atoms with Gasteiger partial charge >= 0.3 is 0 Å². The molecule has 0 amide bonds. The summed E-state index contributed by atoms with van der Waals surface area (Å²) in [6, 6.07) is 29.0. The Labute approximate surface area is 141 Å². The summed E-state index contributed by atoms with van der Waals surface area (Å²) in [6.07, 6.45) is 0. The first-order chi connectivity index (χ1) is 11.8. The van der Waals surface area contributed by atoms with Gasteiger partial charge in [0, 0.05) is 17.2 Å². The average molecular weight is 311 g/mol. The van der Waals surface area contributed by atoms with Crippen molar-refractivity contribution in [2.45, 2.75) is 6.92 Å². The van der Waals surface area contributed by atoms with Gasteiger partial charge in [-0.3, -0.25) is 0 Å². The monoisotopic (exact) mass is 311 g/mol. The molecule has 116 valence electrons. The number of rotatable bonds is 3. The Bertz CT molecular complexity index is 935. The van der Waals surface area contributed by atoms with Crippen LogP contribution in [0.5, 0.6) is 0 Å². The highest BCUT2D eigenvalue weighted by Crippen LogP contribution is 2.28. The molecule has 0 bridgehead atoms. The Balaban J connectivity index is 1.62. The van der Waals surface area contributed by atoms with E-state index in [-0.39, 0.29) is 0 Å². The van der Waals surface area contributed by atoms with Gasteiger partial charge in [-0.15, -0.1) is 0 Å². The fourth-order valence-electron chi connectivity index (χ4n) is 2.73. The van der Waals surface area contributed by atoms with Crippen molar-refractivity contribution in [3.63, 3.8) is 0 Å². The van der Waals surface area contributed by atoms with Gasteiger partial charge in [-0.1, -0.05) is 89.6 Å². The number of benzene rings is 3. The molecular weight excluding hydrogens is 294 g/mol. The zero-order chi connectivity index (χ0) is 16.4. The van der Waals surface area contributed by atoms with E-state index < -0.39 is 0 Å². The minimum atomic E-state index is 0.789. The van der Waals surface area contributed by atoms with Crippen molar-refractivity contribution >= 4 is 0 Å². The van der Waals surface area contributed by atoms with Crippen molar-refractivity contribution in [1.29, 1.82) is 0 Å². The number of aromatic nitrogens is 1. The minimum Gasteiger partial charge on any atom is -0.356 e. The lowest BCUT2D eigenvalue weighted by atomic mass is 10.0. The number of hydrogen-bond acceptors (Lipinski definition) is 2. The van der Waals surface area contributed by atoms with Crippen molar-refractivity contribution in [1.82, 2.24) is 5.16 Å². The zero-order valence-corrected chi connectivity index (χ0v) is 13.4. The molecular formula is C22H17NO. The summed E-state index contributed by atoms with van der Waals surface area (Å²) in [7, 11) is 0. The SMILES string of the molecule is Cc1ccc(-c2cc(-c3ccc(-c4ccccc4)cc3)no2)cc1. The lowest BCUT2D eigenvalue weighted by Crippen LogP contribution is -1.79. The summed E-state index contributed by atoms with van der Waals surface area (Å²) in [4.78, 5) is 0. The third kappa shape index (κ3) is 2.86. The summed E-state index contributed by atoms with van der Waals surface area (Å²) in [5, 5.41) is 4.21. The van der Waals surface area contributed by atoms with Crippen LogP contribution >= 0.6 is 0 Å². The molecule has 1 heterocycles. The van der Waals surface area contributed by atoms with Crippen LogP contribution in [0.1, 0.15) is 5.56 Å². The number of hydrogen-bond donors (Lipinski definition) is 0. The van der Waals surface area contributed by atoms with Crippen LogP contribution in [0.15, 0.2) is 89.5 Å². The molecule has 0 fully saturated rings. The Kier molecular flexibility index (Phi) is 3.72. The smallest absolute Gasteiger partial charge is 0.167 e. The standard InChI is InChI=1S/C22H17NO/c1-16-7-9-20(10-8-16)22-15-21(23-24-22)19-13-11-18(12-14-19)17-5-3-2-4-6-17/h2-15H,1H3. The van der Waals surface area contributed by atoms with Crippen molar-refractivity contribution in [2.75, 3.05) is 0 Å². The first-order valence-corrected chi connectivity index (χ1v) is 7.99. The van der Waals surface area contributed by atoms with Gasteiger partial charge < -0.3 is 4.52 Å². The fraction of sp³-hybridized carbons (Fsp3) is 0.0455. The summed E-state index contributed by atoms with van der Waals surface area (Å²) in [5.74, 6) is 0.789. The van der Waals surface area contributed by atoms with Gasteiger partial charge in [0.25, 0.3) is 0 Å². The predicted octanol–water partition coefficient (Wildman–Crippen LogP) is 5.98. The van der Waals surface area contributed by atoms with Gasteiger partial charge in [0.2, 0.25) is 0 Å². The average Bonchev–Trinajstić information content (AvgIpc) is 3.13. The molecule has 3 aromatic carbocycles. The number of aryl methyl sites for hydroxylation is 1. The van der Waals surface area contributed by atoms with Gasteiger partial charge in [0.05, 0.1) is 0 Å². The van der Waals surface area contributed by atoms with Crippen molar-refractivity contribution in [3.8, 4) is 33.7 Å².